The molecule has 0 aromatic carbocycles. The molecule has 1 atom stereocenters. The van der Waals surface area contributed by atoms with E-state index in [4.69, 9.17) is 0 Å². The Kier molecular flexibility index (Phi) is 5.02. The molecule has 0 rings (SSSR count). The number of rotatable bonds is 3. The summed E-state index contributed by atoms with van der Waals surface area (Å²) in [6.07, 6.45) is 1.49. The molecule has 1 N–H and O–H groups in total. The Morgan fingerprint density at radius 2 is 2.40 bits per heavy atom. The van der Waals surface area contributed by atoms with Gasteiger partial charge in [0.1, 0.15) is 6.29 Å². The first-order chi connectivity index (χ1) is 4.74. The molecule has 0 spiro atoms. The summed E-state index contributed by atoms with van der Waals surface area (Å²) in [5.41, 5.74) is 0. The maximum Gasteiger partial charge on any atom is 0.279 e. The van der Waals surface area contributed by atoms with Crippen molar-refractivity contribution in [3.8, 4) is 0 Å². The minimum atomic E-state index is -0.194. The van der Waals surface area contributed by atoms with Crippen LogP contribution in [0.3, 0.4) is 0 Å². The molecule has 0 aliphatic carbocycles. The molecular weight excluding hydrogens is 150 g/mol. The van der Waals surface area contributed by atoms with Gasteiger partial charge in [0.05, 0.1) is 5.25 Å². The Morgan fingerprint density at radius 3 is 2.70 bits per heavy atom. The monoisotopic (exact) mass is 161 g/mol. The van der Waals surface area contributed by atoms with Gasteiger partial charge in [0.15, 0.2) is 0 Å². The Hall–Kier alpha value is -0.510. The average molecular weight is 161 g/mol. The van der Waals surface area contributed by atoms with Gasteiger partial charge in [-0.05, 0) is 6.42 Å². The molecule has 1 amide bonds. The molecule has 0 bridgehead atoms. The fraction of sp³-hybridized carbons (Fsp3) is 0.667. The molecule has 4 heteroatoms. The summed E-state index contributed by atoms with van der Waals surface area (Å²) < 4.78 is 0. The van der Waals surface area contributed by atoms with Crippen LogP contribution >= 0.6 is 11.8 Å². The van der Waals surface area contributed by atoms with Crippen LogP contribution in [-0.2, 0) is 4.79 Å². The van der Waals surface area contributed by atoms with Gasteiger partial charge in [-0.25, -0.2) is 0 Å². The van der Waals surface area contributed by atoms with Crippen LogP contribution in [0.25, 0.3) is 0 Å². The van der Waals surface area contributed by atoms with E-state index in [0.29, 0.717) is 6.42 Å². The first-order valence-electron chi connectivity index (χ1n) is 3.08. The van der Waals surface area contributed by atoms with Crippen molar-refractivity contribution < 1.29 is 9.59 Å². The fourth-order valence-corrected chi connectivity index (χ4v) is 1.02. The number of aldehydes is 1. The van der Waals surface area contributed by atoms with E-state index in [1.54, 1.807) is 7.05 Å². The van der Waals surface area contributed by atoms with E-state index in [-0.39, 0.29) is 10.5 Å². The number of hydrogen-bond acceptors (Lipinski definition) is 3. The zero-order valence-electron chi connectivity index (χ0n) is 6.09. The van der Waals surface area contributed by atoms with Crippen molar-refractivity contribution in [3.63, 3.8) is 0 Å². The first kappa shape index (κ1) is 9.49. The highest BCUT2D eigenvalue weighted by Crippen LogP contribution is 2.11. The molecule has 0 aromatic rings. The number of carbonyl (C=O) groups excluding carboxylic acids is 2. The van der Waals surface area contributed by atoms with Crippen molar-refractivity contribution in [1.82, 2.24) is 5.32 Å². The molecule has 0 radical (unpaired) electrons. The van der Waals surface area contributed by atoms with Gasteiger partial charge in [0.2, 0.25) is 0 Å². The van der Waals surface area contributed by atoms with Gasteiger partial charge in [0.25, 0.3) is 5.24 Å². The van der Waals surface area contributed by atoms with Gasteiger partial charge in [-0.15, -0.1) is 0 Å². The predicted molar refractivity (Wildman–Crippen MR) is 42.2 cm³/mol. The SMILES string of the molecule is CCC(C=O)SC(=O)NC. The number of carbonyl (C=O) groups is 2. The summed E-state index contributed by atoms with van der Waals surface area (Å²) in [6, 6.07) is 0. The zero-order chi connectivity index (χ0) is 7.98. The second-order valence-corrected chi connectivity index (χ2v) is 2.95. The summed E-state index contributed by atoms with van der Waals surface area (Å²) in [6.45, 7) is 1.87. The lowest BCUT2D eigenvalue weighted by atomic mass is 10.4. The zero-order valence-corrected chi connectivity index (χ0v) is 6.90. The van der Waals surface area contributed by atoms with E-state index in [0.717, 1.165) is 18.0 Å². The number of nitrogens with one attached hydrogen (secondary N) is 1. The Morgan fingerprint density at radius 1 is 1.80 bits per heavy atom. The van der Waals surface area contributed by atoms with Gasteiger partial charge in [-0.3, -0.25) is 4.79 Å². The third-order valence-electron chi connectivity index (χ3n) is 1.02. The highest BCUT2D eigenvalue weighted by molar-refractivity contribution is 8.14. The van der Waals surface area contributed by atoms with E-state index in [1.165, 1.54) is 0 Å². The molecule has 0 aromatic heterocycles. The van der Waals surface area contributed by atoms with Crippen molar-refractivity contribution in [2.75, 3.05) is 7.05 Å². The van der Waals surface area contributed by atoms with Crippen LogP contribution in [0.2, 0.25) is 0 Å². The third kappa shape index (κ3) is 3.50. The van der Waals surface area contributed by atoms with Crippen LogP contribution in [0, 0.1) is 0 Å². The molecule has 3 nitrogen and oxygen atoms in total. The summed E-state index contributed by atoms with van der Waals surface area (Å²) in [4.78, 5) is 20.8. The first-order valence-corrected chi connectivity index (χ1v) is 3.96. The van der Waals surface area contributed by atoms with Crippen LogP contribution < -0.4 is 5.32 Å². The van der Waals surface area contributed by atoms with Crippen LogP contribution in [0.1, 0.15) is 13.3 Å². The van der Waals surface area contributed by atoms with Gasteiger partial charge in [0, 0.05) is 7.05 Å². The van der Waals surface area contributed by atoms with E-state index < -0.39 is 0 Å². The highest BCUT2D eigenvalue weighted by Gasteiger charge is 2.09. The topological polar surface area (TPSA) is 46.2 Å². The molecule has 0 aliphatic rings. The van der Waals surface area contributed by atoms with Gasteiger partial charge in [-0.1, -0.05) is 18.7 Å². The molecule has 0 saturated heterocycles. The lowest BCUT2D eigenvalue weighted by Crippen LogP contribution is -2.16. The predicted octanol–water partition coefficient (Wildman–Crippen LogP) is 1.04. The van der Waals surface area contributed by atoms with Crippen molar-refractivity contribution in [3.05, 3.63) is 0 Å². The Balaban J connectivity index is 3.62. The minimum absolute atomic E-state index is 0.154. The quantitative estimate of drug-likeness (QED) is 0.629. The average Bonchev–Trinajstić information content (AvgIpc) is 1.99. The summed E-state index contributed by atoms with van der Waals surface area (Å²) in [5, 5.41) is 2.08. The number of amides is 1. The van der Waals surface area contributed by atoms with Crippen molar-refractivity contribution in [2.24, 2.45) is 0 Å². The van der Waals surface area contributed by atoms with Crippen molar-refractivity contribution >= 4 is 23.3 Å². The smallest absolute Gasteiger partial charge is 0.279 e. The molecule has 0 fully saturated rings. The molecule has 0 saturated carbocycles. The van der Waals surface area contributed by atoms with Gasteiger partial charge in [-0.2, -0.15) is 0 Å². The van der Waals surface area contributed by atoms with E-state index in [1.807, 2.05) is 6.92 Å². The lowest BCUT2D eigenvalue weighted by Gasteiger charge is -2.03. The minimum Gasteiger partial charge on any atom is -0.350 e. The normalized spacial score (nSPS) is 12.2. The molecule has 0 heterocycles. The number of thioether (sulfide) groups is 1. The molecule has 10 heavy (non-hydrogen) atoms. The van der Waals surface area contributed by atoms with Crippen molar-refractivity contribution in [2.45, 2.75) is 18.6 Å². The standard InChI is InChI=1S/C6H11NO2S/c1-3-5(4-8)10-6(9)7-2/h4-5H,3H2,1-2H3,(H,7,9). The van der Waals surface area contributed by atoms with Crippen LogP contribution in [-0.4, -0.2) is 23.8 Å². The molecule has 1 unspecified atom stereocenters. The van der Waals surface area contributed by atoms with Crippen molar-refractivity contribution in [1.29, 1.82) is 0 Å². The third-order valence-corrected chi connectivity index (χ3v) is 2.18. The lowest BCUT2D eigenvalue weighted by molar-refractivity contribution is -0.107. The van der Waals surface area contributed by atoms with Crippen LogP contribution in [0.4, 0.5) is 4.79 Å². The van der Waals surface area contributed by atoms with E-state index >= 15 is 0 Å². The molecular formula is C6H11NO2S. The fourth-order valence-electron chi connectivity index (χ4n) is 0.404. The Bertz CT molecular complexity index is 127. The highest BCUT2D eigenvalue weighted by atomic mass is 32.2. The largest absolute Gasteiger partial charge is 0.350 e. The van der Waals surface area contributed by atoms with Gasteiger partial charge < -0.3 is 10.1 Å². The molecule has 0 aliphatic heterocycles. The Labute approximate surface area is 64.6 Å². The second kappa shape index (κ2) is 5.29. The van der Waals surface area contributed by atoms with Crippen LogP contribution in [0.5, 0.6) is 0 Å². The maximum atomic E-state index is 10.6. The van der Waals surface area contributed by atoms with Crippen LogP contribution in [0.15, 0.2) is 0 Å². The maximum absolute atomic E-state index is 10.6. The van der Waals surface area contributed by atoms with E-state index in [9.17, 15) is 9.59 Å². The summed E-state index contributed by atoms with van der Waals surface area (Å²) in [7, 11) is 1.55. The molecule has 58 valence electrons. The summed E-state index contributed by atoms with van der Waals surface area (Å²) >= 11 is 1.03. The number of hydrogen-bond donors (Lipinski definition) is 1. The van der Waals surface area contributed by atoms with Gasteiger partial charge >= 0.3 is 0 Å². The summed E-state index contributed by atoms with van der Waals surface area (Å²) in [5.74, 6) is 0. The van der Waals surface area contributed by atoms with E-state index in [2.05, 4.69) is 5.32 Å². The second-order valence-electron chi connectivity index (χ2n) is 1.74.